The summed E-state index contributed by atoms with van der Waals surface area (Å²) in [5.74, 6) is 0.210. The summed E-state index contributed by atoms with van der Waals surface area (Å²) >= 11 is 0. The van der Waals surface area contributed by atoms with Gasteiger partial charge in [0.05, 0.1) is 0 Å². The normalized spacial score (nSPS) is 22.9. The van der Waals surface area contributed by atoms with Gasteiger partial charge in [0.25, 0.3) is 5.91 Å². The van der Waals surface area contributed by atoms with Crippen LogP contribution in [0.15, 0.2) is 41.5 Å². The van der Waals surface area contributed by atoms with Gasteiger partial charge in [-0.25, -0.2) is 0 Å². The van der Waals surface area contributed by atoms with Gasteiger partial charge in [-0.2, -0.15) is 0 Å². The van der Waals surface area contributed by atoms with Crippen LogP contribution in [0.2, 0.25) is 0 Å². The molecule has 1 aromatic rings. The zero-order valence-electron chi connectivity index (χ0n) is 13.5. The van der Waals surface area contributed by atoms with Gasteiger partial charge in [0.2, 0.25) is 0 Å². The second-order valence-electron chi connectivity index (χ2n) is 6.38. The summed E-state index contributed by atoms with van der Waals surface area (Å²) in [5, 5.41) is 0. The van der Waals surface area contributed by atoms with E-state index in [1.165, 1.54) is 17.6 Å². The summed E-state index contributed by atoms with van der Waals surface area (Å²) in [7, 11) is 1.72. The fourth-order valence-corrected chi connectivity index (χ4v) is 3.72. The number of carbonyl (C=O) groups excluding carboxylic acids is 1. The molecule has 0 saturated heterocycles. The molecule has 0 bridgehead atoms. The summed E-state index contributed by atoms with van der Waals surface area (Å²) in [6.07, 6.45) is 6.08. The zero-order valence-corrected chi connectivity index (χ0v) is 13.5. The van der Waals surface area contributed by atoms with Crippen LogP contribution in [0.1, 0.15) is 44.6 Å². The molecule has 1 heterocycles. The van der Waals surface area contributed by atoms with Crippen molar-refractivity contribution in [2.24, 2.45) is 0 Å². The molecule has 1 aliphatic carbocycles. The van der Waals surface area contributed by atoms with E-state index in [1.807, 2.05) is 11.0 Å². The molecule has 0 saturated carbocycles. The van der Waals surface area contributed by atoms with E-state index in [9.17, 15) is 4.79 Å². The minimum atomic E-state index is -0.131. The average molecular weight is 299 g/mol. The largest absolute Gasteiger partial charge is 0.357 e. The van der Waals surface area contributed by atoms with Crippen LogP contribution in [0.4, 0.5) is 0 Å². The van der Waals surface area contributed by atoms with Crippen LogP contribution in [0.3, 0.4) is 0 Å². The Labute approximate surface area is 133 Å². The molecule has 0 spiro atoms. The van der Waals surface area contributed by atoms with Crippen LogP contribution < -0.4 is 0 Å². The Hall–Kier alpha value is -1.61. The van der Waals surface area contributed by atoms with Crippen molar-refractivity contribution in [1.82, 2.24) is 4.90 Å². The van der Waals surface area contributed by atoms with E-state index in [-0.39, 0.29) is 18.2 Å². The molecule has 0 radical (unpaired) electrons. The van der Waals surface area contributed by atoms with Crippen molar-refractivity contribution in [3.63, 3.8) is 0 Å². The standard InChI is InChI=1S/C19H25NO2/c1-14(12-13-15-8-4-3-5-9-15)20-18(21)16-10-6-7-11-17(16)19(20)22-2/h3-5,8-9,14,19H,6-7,10-13H2,1-2H3/t14-,19-/m0/s1. The molecule has 118 valence electrons. The molecule has 3 rings (SSSR count). The molecule has 2 aliphatic rings. The van der Waals surface area contributed by atoms with Crippen molar-refractivity contribution in [3.05, 3.63) is 47.0 Å². The van der Waals surface area contributed by atoms with Crippen LogP contribution in [0.25, 0.3) is 0 Å². The number of amides is 1. The van der Waals surface area contributed by atoms with Crippen LogP contribution in [-0.4, -0.2) is 30.2 Å². The van der Waals surface area contributed by atoms with E-state index in [0.29, 0.717) is 0 Å². The maximum atomic E-state index is 12.7. The first-order valence-corrected chi connectivity index (χ1v) is 8.33. The first-order valence-electron chi connectivity index (χ1n) is 8.33. The highest BCUT2D eigenvalue weighted by atomic mass is 16.5. The van der Waals surface area contributed by atoms with E-state index in [4.69, 9.17) is 4.74 Å². The summed E-state index contributed by atoms with van der Waals surface area (Å²) in [5.41, 5.74) is 3.60. The van der Waals surface area contributed by atoms with Crippen molar-refractivity contribution in [2.75, 3.05) is 7.11 Å². The van der Waals surface area contributed by atoms with Crippen molar-refractivity contribution >= 4 is 5.91 Å². The third kappa shape index (κ3) is 2.82. The molecule has 0 fully saturated rings. The number of aryl methyl sites for hydroxylation is 1. The van der Waals surface area contributed by atoms with Gasteiger partial charge in [-0.3, -0.25) is 4.79 Å². The Bertz CT molecular complexity index is 564. The first kappa shape index (κ1) is 15.3. The topological polar surface area (TPSA) is 29.5 Å². The number of ether oxygens (including phenoxy) is 1. The monoisotopic (exact) mass is 299 g/mol. The van der Waals surface area contributed by atoms with Crippen molar-refractivity contribution < 1.29 is 9.53 Å². The minimum absolute atomic E-state index is 0.131. The quantitative estimate of drug-likeness (QED) is 0.830. The second kappa shape index (κ2) is 6.66. The third-order valence-electron chi connectivity index (χ3n) is 4.95. The van der Waals surface area contributed by atoms with Gasteiger partial charge >= 0.3 is 0 Å². The Morgan fingerprint density at radius 1 is 1.23 bits per heavy atom. The van der Waals surface area contributed by atoms with Gasteiger partial charge in [-0.1, -0.05) is 30.3 Å². The molecule has 1 amide bonds. The number of hydrogen-bond acceptors (Lipinski definition) is 2. The molecule has 22 heavy (non-hydrogen) atoms. The number of benzene rings is 1. The molecular formula is C19H25NO2. The number of nitrogens with zero attached hydrogens (tertiary/aromatic N) is 1. The lowest BCUT2D eigenvalue weighted by Crippen LogP contribution is -2.43. The van der Waals surface area contributed by atoms with Crippen LogP contribution in [-0.2, 0) is 16.0 Å². The maximum Gasteiger partial charge on any atom is 0.252 e. The highest BCUT2D eigenvalue weighted by Gasteiger charge is 2.41. The predicted octanol–water partition coefficient (Wildman–Crippen LogP) is 3.69. The molecule has 0 N–H and O–H groups in total. The van der Waals surface area contributed by atoms with Crippen molar-refractivity contribution in [2.45, 2.75) is 57.7 Å². The van der Waals surface area contributed by atoms with Crippen LogP contribution >= 0.6 is 0 Å². The molecular weight excluding hydrogens is 274 g/mol. The number of rotatable bonds is 5. The molecule has 2 atom stereocenters. The highest BCUT2D eigenvalue weighted by Crippen LogP contribution is 2.38. The lowest BCUT2D eigenvalue weighted by molar-refractivity contribution is -0.137. The fraction of sp³-hybridized carbons (Fsp3) is 0.526. The Morgan fingerprint density at radius 2 is 1.95 bits per heavy atom. The number of methoxy groups -OCH3 is 1. The molecule has 1 aliphatic heterocycles. The predicted molar refractivity (Wildman–Crippen MR) is 87.4 cm³/mol. The van der Waals surface area contributed by atoms with E-state index < -0.39 is 0 Å². The lowest BCUT2D eigenvalue weighted by atomic mass is 9.93. The van der Waals surface area contributed by atoms with Gasteiger partial charge < -0.3 is 9.64 Å². The Kier molecular flexibility index (Phi) is 4.63. The van der Waals surface area contributed by atoms with E-state index in [0.717, 1.165) is 37.7 Å². The van der Waals surface area contributed by atoms with Gasteiger partial charge in [-0.05, 0) is 56.6 Å². The van der Waals surface area contributed by atoms with Gasteiger partial charge in [0.1, 0.15) is 0 Å². The maximum absolute atomic E-state index is 12.7. The molecule has 0 aromatic heterocycles. The lowest BCUT2D eigenvalue weighted by Gasteiger charge is -2.31. The van der Waals surface area contributed by atoms with Crippen molar-refractivity contribution in [1.29, 1.82) is 0 Å². The van der Waals surface area contributed by atoms with Crippen molar-refractivity contribution in [3.8, 4) is 0 Å². The fourth-order valence-electron chi connectivity index (χ4n) is 3.72. The van der Waals surface area contributed by atoms with Crippen LogP contribution in [0, 0.1) is 0 Å². The smallest absolute Gasteiger partial charge is 0.252 e. The van der Waals surface area contributed by atoms with E-state index in [2.05, 4.69) is 31.2 Å². The summed E-state index contributed by atoms with van der Waals surface area (Å²) in [6, 6.07) is 10.7. The average Bonchev–Trinajstić information content (AvgIpc) is 2.86. The second-order valence-corrected chi connectivity index (χ2v) is 6.38. The van der Waals surface area contributed by atoms with Gasteiger partial charge in [0, 0.05) is 18.7 Å². The molecule has 0 unspecified atom stereocenters. The summed E-state index contributed by atoms with van der Waals surface area (Å²) < 4.78 is 5.68. The number of hydrogen-bond donors (Lipinski definition) is 0. The van der Waals surface area contributed by atoms with Crippen LogP contribution in [0.5, 0.6) is 0 Å². The first-order chi connectivity index (χ1) is 10.7. The van der Waals surface area contributed by atoms with Gasteiger partial charge in [-0.15, -0.1) is 0 Å². The highest BCUT2D eigenvalue weighted by molar-refractivity contribution is 5.97. The van der Waals surface area contributed by atoms with Gasteiger partial charge in [0.15, 0.2) is 6.23 Å². The molecule has 3 heteroatoms. The van der Waals surface area contributed by atoms with E-state index in [1.54, 1.807) is 7.11 Å². The Morgan fingerprint density at radius 3 is 2.68 bits per heavy atom. The Balaban J connectivity index is 1.69. The van der Waals surface area contributed by atoms with E-state index >= 15 is 0 Å². The zero-order chi connectivity index (χ0) is 15.5. The third-order valence-corrected chi connectivity index (χ3v) is 4.95. The number of carbonyl (C=O) groups is 1. The molecule has 3 nitrogen and oxygen atoms in total. The molecule has 1 aromatic carbocycles. The minimum Gasteiger partial charge on any atom is -0.357 e. The summed E-state index contributed by atoms with van der Waals surface area (Å²) in [4.78, 5) is 14.7. The SMILES string of the molecule is CO[C@H]1C2=C(CCCC2)C(=O)N1[C@@H](C)CCc1ccccc1. The summed E-state index contributed by atoms with van der Waals surface area (Å²) in [6.45, 7) is 2.14.